The lowest BCUT2D eigenvalue weighted by Gasteiger charge is -2.30. The van der Waals surface area contributed by atoms with E-state index >= 15 is 0 Å². The summed E-state index contributed by atoms with van der Waals surface area (Å²) in [4.78, 5) is 15.9. The van der Waals surface area contributed by atoms with Gasteiger partial charge >= 0.3 is 12.2 Å². The minimum Gasteiger partial charge on any atom is -0.286 e. The van der Waals surface area contributed by atoms with Crippen molar-refractivity contribution in [3.63, 3.8) is 0 Å². The van der Waals surface area contributed by atoms with Crippen molar-refractivity contribution in [2.24, 2.45) is 0 Å². The highest BCUT2D eigenvalue weighted by molar-refractivity contribution is 7.83. The zero-order valence-corrected chi connectivity index (χ0v) is 11.2. The zero-order chi connectivity index (χ0) is 15.1. The van der Waals surface area contributed by atoms with Crippen LogP contribution in [0.3, 0.4) is 0 Å². The topological polar surface area (TPSA) is 91.3 Å². The standard InChI is InChI=1S/C8H11F3N6O2S/c1-4-13-6(20(19)12-2)5-14-15-16(3-8(9,10)11)7(18)17(4)5/h12,14-15H,3H2,1-2H3. The van der Waals surface area contributed by atoms with E-state index in [1.165, 1.54) is 14.0 Å². The Kier molecular flexibility index (Phi) is 3.71. The summed E-state index contributed by atoms with van der Waals surface area (Å²) in [7, 11) is -0.260. The second kappa shape index (κ2) is 5.03. The predicted molar refractivity (Wildman–Crippen MR) is 62.7 cm³/mol. The van der Waals surface area contributed by atoms with Gasteiger partial charge in [-0.1, -0.05) is 0 Å². The maximum absolute atomic E-state index is 12.3. The first-order chi connectivity index (χ1) is 9.24. The highest BCUT2D eigenvalue weighted by Gasteiger charge is 2.38. The van der Waals surface area contributed by atoms with Gasteiger partial charge in [-0.2, -0.15) is 13.2 Å². The molecule has 0 saturated carbocycles. The molecule has 0 radical (unpaired) electrons. The minimum atomic E-state index is -4.55. The Bertz CT molecular complexity index is 571. The number of nitrogens with zero attached hydrogens (tertiary/aromatic N) is 3. The Morgan fingerprint density at radius 3 is 2.65 bits per heavy atom. The fourth-order valence-corrected chi connectivity index (χ4v) is 2.38. The Balaban J connectivity index is 2.36. The average Bonchev–Trinajstić information content (AvgIpc) is 2.68. The summed E-state index contributed by atoms with van der Waals surface area (Å²) in [6, 6.07) is -0.958. The van der Waals surface area contributed by atoms with E-state index in [0.29, 0.717) is 5.01 Å². The molecule has 0 bridgehead atoms. The van der Waals surface area contributed by atoms with E-state index in [1.807, 2.05) is 0 Å². The molecule has 3 N–H and O–H groups in total. The fraction of sp³-hybridized carbons (Fsp3) is 0.500. The summed E-state index contributed by atoms with van der Waals surface area (Å²) in [5.74, 6) is 0.170. The number of hydrogen-bond acceptors (Lipinski definition) is 5. The van der Waals surface area contributed by atoms with Gasteiger partial charge in [-0.3, -0.25) is 5.43 Å². The average molecular weight is 312 g/mol. The van der Waals surface area contributed by atoms with Gasteiger partial charge in [0.2, 0.25) is 0 Å². The number of rotatable bonds is 3. The second-order valence-electron chi connectivity index (χ2n) is 3.84. The normalized spacial score (nSPS) is 16.9. The van der Waals surface area contributed by atoms with Crippen LogP contribution in [0.2, 0.25) is 0 Å². The molecule has 1 aliphatic rings. The van der Waals surface area contributed by atoms with Gasteiger partial charge in [0.1, 0.15) is 23.4 Å². The molecule has 8 nitrogen and oxygen atoms in total. The van der Waals surface area contributed by atoms with E-state index < -0.39 is 29.7 Å². The number of aromatic nitrogens is 2. The third kappa shape index (κ3) is 2.62. The van der Waals surface area contributed by atoms with E-state index in [2.05, 4.69) is 20.7 Å². The van der Waals surface area contributed by atoms with Crippen LogP contribution >= 0.6 is 0 Å². The zero-order valence-electron chi connectivity index (χ0n) is 10.4. The molecule has 1 amide bonds. The van der Waals surface area contributed by atoms with Crippen molar-refractivity contribution >= 4 is 22.8 Å². The van der Waals surface area contributed by atoms with E-state index in [-0.39, 0.29) is 16.7 Å². The molecule has 0 spiro atoms. The Hall–Kier alpha value is -1.66. The number of anilines is 1. The van der Waals surface area contributed by atoms with Crippen molar-refractivity contribution < 1.29 is 22.2 Å². The van der Waals surface area contributed by atoms with Crippen molar-refractivity contribution in [1.29, 1.82) is 0 Å². The molecule has 0 aliphatic carbocycles. The first kappa shape index (κ1) is 14.7. The number of fused-ring (bicyclic) bond motifs is 1. The summed E-state index contributed by atoms with van der Waals surface area (Å²) in [5, 5.41) is 0.380. The monoisotopic (exact) mass is 312 g/mol. The van der Waals surface area contributed by atoms with Gasteiger partial charge in [0.05, 0.1) is 0 Å². The molecular weight excluding hydrogens is 301 g/mol. The summed E-state index contributed by atoms with van der Waals surface area (Å²) in [6.07, 6.45) is -4.55. The summed E-state index contributed by atoms with van der Waals surface area (Å²) in [6.45, 7) is -0.0448. The molecule has 2 heterocycles. The number of hydrazine groups is 2. The molecule has 1 aromatic heterocycles. The first-order valence-electron chi connectivity index (χ1n) is 5.33. The van der Waals surface area contributed by atoms with Crippen molar-refractivity contribution in [1.82, 2.24) is 24.8 Å². The van der Waals surface area contributed by atoms with Crippen molar-refractivity contribution in [2.45, 2.75) is 18.1 Å². The minimum absolute atomic E-state index is 0.0255. The Labute approximate surface area is 113 Å². The number of halogens is 3. The van der Waals surface area contributed by atoms with Gasteiger partial charge in [-0.05, 0) is 14.0 Å². The number of nitrogens with one attached hydrogen (secondary N) is 3. The fourth-order valence-electron chi connectivity index (χ4n) is 1.65. The molecule has 0 saturated heterocycles. The molecule has 1 atom stereocenters. The van der Waals surface area contributed by atoms with Crippen LogP contribution in [0.25, 0.3) is 0 Å². The molecule has 0 fully saturated rings. The van der Waals surface area contributed by atoms with Crippen LogP contribution in [0, 0.1) is 6.92 Å². The maximum Gasteiger partial charge on any atom is 0.407 e. The number of aryl methyl sites for hydroxylation is 1. The molecule has 1 aliphatic heterocycles. The van der Waals surface area contributed by atoms with E-state index in [4.69, 9.17) is 0 Å². The number of carbonyl (C=O) groups excluding carboxylic acids is 1. The molecule has 0 aromatic carbocycles. The van der Waals surface area contributed by atoms with Gasteiger partial charge in [-0.15, -0.1) is 5.53 Å². The predicted octanol–water partition coefficient (Wildman–Crippen LogP) is 0.111. The third-order valence-electron chi connectivity index (χ3n) is 2.44. The van der Waals surface area contributed by atoms with Crippen LogP contribution in [-0.4, -0.2) is 44.6 Å². The molecule has 1 unspecified atom stereocenters. The molecule has 112 valence electrons. The van der Waals surface area contributed by atoms with Crippen molar-refractivity contribution in [2.75, 3.05) is 19.0 Å². The molecule has 1 aromatic rings. The van der Waals surface area contributed by atoms with Crippen LogP contribution in [0.1, 0.15) is 5.82 Å². The van der Waals surface area contributed by atoms with Crippen LogP contribution in [0.15, 0.2) is 5.03 Å². The van der Waals surface area contributed by atoms with Gasteiger partial charge in [0.15, 0.2) is 10.8 Å². The largest absolute Gasteiger partial charge is 0.407 e. The van der Waals surface area contributed by atoms with Crippen molar-refractivity contribution in [3.8, 4) is 0 Å². The van der Waals surface area contributed by atoms with Gasteiger partial charge in [0, 0.05) is 0 Å². The number of amides is 1. The van der Waals surface area contributed by atoms with Crippen molar-refractivity contribution in [3.05, 3.63) is 5.82 Å². The molecule has 12 heteroatoms. The second-order valence-corrected chi connectivity index (χ2v) is 5.17. The van der Waals surface area contributed by atoms with Crippen LogP contribution < -0.4 is 15.7 Å². The van der Waals surface area contributed by atoms with Crippen LogP contribution in [0.5, 0.6) is 0 Å². The van der Waals surface area contributed by atoms with E-state index in [1.54, 1.807) is 0 Å². The van der Waals surface area contributed by atoms with E-state index in [9.17, 15) is 22.2 Å². The number of hydrogen-bond donors (Lipinski definition) is 3. The number of imidazole rings is 1. The lowest BCUT2D eigenvalue weighted by molar-refractivity contribution is -0.144. The maximum atomic E-state index is 12.3. The van der Waals surface area contributed by atoms with Gasteiger partial charge in [-0.25, -0.2) is 28.3 Å². The lowest BCUT2D eigenvalue weighted by atomic mass is 10.5. The quantitative estimate of drug-likeness (QED) is 0.737. The lowest BCUT2D eigenvalue weighted by Crippen LogP contribution is -2.55. The molecule has 20 heavy (non-hydrogen) atoms. The van der Waals surface area contributed by atoms with Gasteiger partial charge < -0.3 is 0 Å². The number of carbonyl (C=O) groups is 1. The van der Waals surface area contributed by atoms with Crippen LogP contribution in [-0.2, 0) is 11.0 Å². The Morgan fingerprint density at radius 2 is 2.10 bits per heavy atom. The van der Waals surface area contributed by atoms with E-state index in [0.717, 1.165) is 4.57 Å². The SMILES string of the molecule is CNS(=O)c1nc(C)n2c1NNN(CC(F)(F)F)C2=O. The van der Waals surface area contributed by atoms with Crippen LogP contribution in [0.4, 0.5) is 23.8 Å². The molecular formula is C8H11F3N6O2S. The smallest absolute Gasteiger partial charge is 0.286 e. The van der Waals surface area contributed by atoms with Gasteiger partial charge in [0.25, 0.3) is 0 Å². The molecule has 2 rings (SSSR count). The highest BCUT2D eigenvalue weighted by Crippen LogP contribution is 2.25. The Morgan fingerprint density at radius 1 is 1.45 bits per heavy atom. The summed E-state index contributed by atoms with van der Waals surface area (Å²) >= 11 is 0. The number of alkyl halides is 3. The highest BCUT2D eigenvalue weighted by atomic mass is 32.2. The summed E-state index contributed by atoms with van der Waals surface area (Å²) < 4.78 is 52.0. The third-order valence-corrected chi connectivity index (χ3v) is 3.45. The summed E-state index contributed by atoms with van der Waals surface area (Å²) in [5.41, 5.74) is 4.50. The first-order valence-corrected chi connectivity index (χ1v) is 6.48.